The number of ether oxygens (including phenoxy) is 2. The van der Waals surface area contributed by atoms with Crippen LogP contribution in [0.15, 0.2) is 79.0 Å². The molecule has 0 saturated carbocycles. The highest BCUT2D eigenvalue weighted by atomic mass is 16.5. The van der Waals surface area contributed by atoms with Gasteiger partial charge in [-0.25, -0.2) is 0 Å². The fourth-order valence-electron chi connectivity index (χ4n) is 4.90. The van der Waals surface area contributed by atoms with Gasteiger partial charge >= 0.3 is 0 Å². The Labute approximate surface area is 227 Å². The summed E-state index contributed by atoms with van der Waals surface area (Å²) in [6.45, 7) is 8.54. The number of fused-ring (bicyclic) bond motifs is 1. The summed E-state index contributed by atoms with van der Waals surface area (Å²) in [6, 6.07) is 23.3. The third kappa shape index (κ3) is 6.46. The van der Waals surface area contributed by atoms with Crippen LogP contribution in [0.2, 0.25) is 0 Å². The summed E-state index contributed by atoms with van der Waals surface area (Å²) < 4.78 is 13.8. The first-order valence-corrected chi connectivity index (χ1v) is 13.9. The van der Waals surface area contributed by atoms with Crippen molar-refractivity contribution >= 4 is 11.3 Å². The van der Waals surface area contributed by atoms with Crippen LogP contribution in [0, 0.1) is 0 Å². The summed E-state index contributed by atoms with van der Waals surface area (Å²) in [7, 11) is 1.65. The van der Waals surface area contributed by atoms with Crippen LogP contribution >= 0.6 is 0 Å². The number of pyridine rings is 1. The quantitative estimate of drug-likeness (QED) is 0.122. The third-order valence-electron chi connectivity index (χ3n) is 6.94. The van der Waals surface area contributed by atoms with E-state index in [2.05, 4.69) is 18.7 Å². The van der Waals surface area contributed by atoms with Gasteiger partial charge < -0.3 is 18.8 Å². The van der Waals surface area contributed by atoms with Gasteiger partial charge in [-0.1, -0.05) is 63.1 Å². The number of nitrogens with zero attached hydrogens (tertiary/aromatic N) is 2. The number of methoxy groups -OCH3 is 1. The number of hydrogen-bond acceptors (Lipinski definition) is 4. The molecule has 4 rings (SSSR count). The zero-order chi connectivity index (χ0) is 26.7. The van der Waals surface area contributed by atoms with Crippen molar-refractivity contribution in [1.29, 1.82) is 0 Å². The maximum Gasteiger partial charge on any atom is 0.210 e. The largest absolute Gasteiger partial charge is 0.494 e. The van der Waals surface area contributed by atoms with E-state index in [9.17, 15) is 4.79 Å². The molecular weight excluding hydrogens is 472 g/mol. The zero-order valence-electron chi connectivity index (χ0n) is 23.0. The van der Waals surface area contributed by atoms with Gasteiger partial charge in [0.15, 0.2) is 5.75 Å². The second-order valence-electron chi connectivity index (χ2n) is 9.68. The molecular formula is C33H40N2O3. The number of rotatable bonds is 15. The summed E-state index contributed by atoms with van der Waals surface area (Å²) in [6.07, 6.45) is 7.85. The molecule has 2 heterocycles. The molecule has 0 saturated heterocycles. The Morgan fingerprint density at radius 1 is 0.816 bits per heavy atom. The van der Waals surface area contributed by atoms with Crippen LogP contribution in [0.1, 0.15) is 62.0 Å². The van der Waals surface area contributed by atoms with Crippen molar-refractivity contribution < 1.29 is 14.3 Å². The molecule has 5 heteroatoms. The normalized spacial score (nSPS) is 11.3. The van der Waals surface area contributed by atoms with Gasteiger partial charge in [0.1, 0.15) is 11.4 Å². The molecule has 2 aromatic heterocycles. The summed E-state index contributed by atoms with van der Waals surface area (Å²) in [4.78, 5) is 16.4. The van der Waals surface area contributed by atoms with Crippen molar-refractivity contribution in [1.82, 2.24) is 9.30 Å². The van der Waals surface area contributed by atoms with Crippen LogP contribution in [-0.2, 0) is 0 Å². The fourth-order valence-corrected chi connectivity index (χ4v) is 4.90. The molecule has 0 aliphatic carbocycles. The number of aromatic nitrogens is 1. The number of carbonyl (C=O) groups is 1. The lowest BCUT2D eigenvalue weighted by atomic mass is 9.99. The van der Waals surface area contributed by atoms with Crippen molar-refractivity contribution in [3.05, 3.63) is 90.3 Å². The van der Waals surface area contributed by atoms with Crippen LogP contribution in [-0.4, -0.2) is 48.4 Å². The minimum Gasteiger partial charge on any atom is -0.494 e. The number of unbranched alkanes of at least 4 members (excludes halogenated alkanes) is 2. The van der Waals surface area contributed by atoms with E-state index in [4.69, 9.17) is 9.47 Å². The van der Waals surface area contributed by atoms with Crippen molar-refractivity contribution in [3.63, 3.8) is 0 Å². The molecule has 0 atom stereocenters. The van der Waals surface area contributed by atoms with E-state index >= 15 is 0 Å². The van der Waals surface area contributed by atoms with Gasteiger partial charge in [0.05, 0.1) is 24.8 Å². The van der Waals surface area contributed by atoms with Crippen molar-refractivity contribution in [2.24, 2.45) is 0 Å². The topological polar surface area (TPSA) is 43.2 Å². The van der Waals surface area contributed by atoms with Gasteiger partial charge in [0.25, 0.3) is 0 Å². The van der Waals surface area contributed by atoms with Crippen molar-refractivity contribution in [2.75, 3.05) is 33.4 Å². The fraction of sp³-hybridized carbons (Fsp3) is 0.364. The predicted molar refractivity (Wildman–Crippen MR) is 156 cm³/mol. The third-order valence-corrected chi connectivity index (χ3v) is 6.94. The second-order valence-corrected chi connectivity index (χ2v) is 9.68. The van der Waals surface area contributed by atoms with Crippen LogP contribution < -0.4 is 9.47 Å². The van der Waals surface area contributed by atoms with Gasteiger partial charge in [-0.05, 0) is 74.3 Å². The Morgan fingerprint density at radius 2 is 1.47 bits per heavy atom. The van der Waals surface area contributed by atoms with E-state index in [1.165, 1.54) is 25.7 Å². The maximum absolute atomic E-state index is 13.9. The summed E-state index contributed by atoms with van der Waals surface area (Å²) >= 11 is 0. The number of ketones is 1. The molecule has 0 N–H and O–H groups in total. The van der Waals surface area contributed by atoms with E-state index < -0.39 is 0 Å². The molecule has 5 nitrogen and oxygen atoms in total. The van der Waals surface area contributed by atoms with Crippen LogP contribution in [0.25, 0.3) is 16.6 Å². The average molecular weight is 513 g/mol. The molecule has 0 unspecified atom stereocenters. The van der Waals surface area contributed by atoms with Gasteiger partial charge in [0.2, 0.25) is 5.78 Å². The van der Waals surface area contributed by atoms with Crippen molar-refractivity contribution in [2.45, 2.75) is 46.0 Å². The Bertz CT molecular complexity index is 1290. The smallest absolute Gasteiger partial charge is 0.210 e. The maximum atomic E-state index is 13.9. The standard InChI is InChI=1S/C33H40N2O3/c1-4-6-21-34(22-7-5-2)23-13-25-38-28-19-17-27(18-20-28)32(36)31-30(26-14-9-8-10-15-26)33(37-3)29-16-11-12-24-35(29)31/h8-12,14-20,24H,4-7,13,21-23,25H2,1-3H3. The second kappa shape index (κ2) is 13.8. The number of carbonyl (C=O) groups excluding carboxylic acids is 1. The first kappa shape index (κ1) is 27.5. The Hall–Kier alpha value is -3.57. The molecule has 38 heavy (non-hydrogen) atoms. The number of benzene rings is 2. The minimum absolute atomic E-state index is 0.0533. The Morgan fingerprint density at radius 3 is 2.13 bits per heavy atom. The monoisotopic (exact) mass is 512 g/mol. The first-order valence-electron chi connectivity index (χ1n) is 13.9. The molecule has 0 radical (unpaired) electrons. The van der Waals surface area contributed by atoms with Crippen LogP contribution in [0.5, 0.6) is 11.5 Å². The van der Waals surface area contributed by atoms with Crippen molar-refractivity contribution in [3.8, 4) is 22.6 Å². The van der Waals surface area contributed by atoms with E-state index in [1.807, 2.05) is 83.4 Å². The van der Waals surface area contributed by atoms with E-state index in [1.54, 1.807) is 7.11 Å². The van der Waals surface area contributed by atoms with E-state index in [-0.39, 0.29) is 5.78 Å². The summed E-state index contributed by atoms with van der Waals surface area (Å²) in [5, 5.41) is 0. The number of hydrogen-bond donors (Lipinski definition) is 0. The molecule has 4 aromatic rings. The SMILES string of the molecule is CCCCN(CCCC)CCCOc1ccc(C(=O)c2c(-c3ccccc3)c(OC)c3ccccn23)cc1. The Kier molecular flexibility index (Phi) is 9.99. The predicted octanol–water partition coefficient (Wildman–Crippen LogP) is 7.52. The zero-order valence-corrected chi connectivity index (χ0v) is 23.0. The lowest BCUT2D eigenvalue weighted by Gasteiger charge is -2.21. The Balaban J connectivity index is 1.49. The highest BCUT2D eigenvalue weighted by Gasteiger charge is 2.26. The van der Waals surface area contributed by atoms with Crippen LogP contribution in [0.4, 0.5) is 0 Å². The van der Waals surface area contributed by atoms with Gasteiger partial charge in [-0.3, -0.25) is 4.79 Å². The average Bonchev–Trinajstić information content (AvgIpc) is 3.31. The van der Waals surface area contributed by atoms with Gasteiger partial charge in [-0.15, -0.1) is 0 Å². The van der Waals surface area contributed by atoms with E-state index in [0.717, 1.165) is 48.4 Å². The minimum atomic E-state index is -0.0533. The molecule has 0 bridgehead atoms. The molecule has 0 aliphatic rings. The van der Waals surface area contributed by atoms with Crippen LogP contribution in [0.3, 0.4) is 0 Å². The first-order chi connectivity index (χ1) is 18.7. The summed E-state index contributed by atoms with van der Waals surface area (Å²) in [5.74, 6) is 1.44. The molecule has 200 valence electrons. The lowest BCUT2D eigenvalue weighted by Crippen LogP contribution is -2.28. The summed E-state index contributed by atoms with van der Waals surface area (Å²) in [5.41, 5.74) is 3.83. The highest BCUT2D eigenvalue weighted by molar-refractivity contribution is 6.14. The molecule has 0 fully saturated rings. The molecule has 0 spiro atoms. The van der Waals surface area contributed by atoms with Gasteiger partial charge in [-0.2, -0.15) is 0 Å². The lowest BCUT2D eigenvalue weighted by molar-refractivity contribution is 0.103. The molecule has 2 aromatic carbocycles. The van der Waals surface area contributed by atoms with Gasteiger partial charge in [0, 0.05) is 18.3 Å². The molecule has 0 amide bonds. The van der Waals surface area contributed by atoms with E-state index in [0.29, 0.717) is 23.6 Å². The molecule has 0 aliphatic heterocycles. The highest BCUT2D eigenvalue weighted by Crippen LogP contribution is 2.40.